The number of benzene rings is 1. The highest BCUT2D eigenvalue weighted by Crippen LogP contribution is 2.11. The fraction of sp³-hybridized carbons (Fsp3) is 0.300. The van der Waals surface area contributed by atoms with E-state index in [0.29, 0.717) is 18.8 Å². The molecule has 4 heteroatoms. The average molecular weight is 277 g/mol. The Bertz CT molecular complexity index is 317. The molecular formula is C10H11BrClNO. The first-order chi connectivity index (χ1) is 6.72. The van der Waals surface area contributed by atoms with Crippen LogP contribution < -0.4 is 5.32 Å². The molecule has 0 atom stereocenters. The molecule has 0 radical (unpaired) electrons. The molecule has 1 aromatic carbocycles. The summed E-state index contributed by atoms with van der Waals surface area (Å²) >= 11 is 8.80. The molecule has 0 saturated carbocycles. The summed E-state index contributed by atoms with van der Waals surface area (Å²) in [6.07, 6.45) is 0.399. The lowest BCUT2D eigenvalue weighted by Crippen LogP contribution is -2.26. The van der Waals surface area contributed by atoms with Crippen molar-refractivity contribution in [3.8, 4) is 0 Å². The van der Waals surface area contributed by atoms with Gasteiger partial charge in [-0.05, 0) is 17.7 Å². The fourth-order valence-corrected chi connectivity index (χ4v) is 1.62. The van der Waals surface area contributed by atoms with E-state index in [1.54, 1.807) is 0 Å². The Hall–Kier alpha value is -0.540. The minimum atomic E-state index is 0.00347. The summed E-state index contributed by atoms with van der Waals surface area (Å²) in [6, 6.07) is 7.69. The van der Waals surface area contributed by atoms with Crippen molar-refractivity contribution in [2.24, 2.45) is 0 Å². The van der Waals surface area contributed by atoms with Crippen molar-refractivity contribution in [2.45, 2.75) is 6.42 Å². The zero-order valence-electron chi connectivity index (χ0n) is 7.59. The van der Waals surface area contributed by atoms with Gasteiger partial charge in [0, 0.05) is 16.9 Å². The van der Waals surface area contributed by atoms with Crippen LogP contribution >= 0.6 is 27.5 Å². The SMILES string of the molecule is O=C(Cc1cccc(Br)c1)NCCCl. The Balaban J connectivity index is 2.47. The maximum atomic E-state index is 11.3. The average Bonchev–Trinajstić information content (AvgIpc) is 2.15. The summed E-state index contributed by atoms with van der Waals surface area (Å²) in [4.78, 5) is 11.3. The third-order valence-electron chi connectivity index (χ3n) is 1.67. The van der Waals surface area contributed by atoms with Crippen LogP contribution in [-0.2, 0) is 11.2 Å². The molecule has 1 N–H and O–H groups in total. The number of rotatable bonds is 4. The van der Waals surface area contributed by atoms with Crippen LogP contribution in [0.1, 0.15) is 5.56 Å². The molecule has 0 aliphatic carbocycles. The number of amides is 1. The van der Waals surface area contributed by atoms with E-state index < -0.39 is 0 Å². The van der Waals surface area contributed by atoms with Crippen LogP contribution in [0.2, 0.25) is 0 Å². The van der Waals surface area contributed by atoms with Crippen LogP contribution in [-0.4, -0.2) is 18.3 Å². The van der Waals surface area contributed by atoms with E-state index in [0.717, 1.165) is 10.0 Å². The van der Waals surface area contributed by atoms with Crippen molar-refractivity contribution in [2.75, 3.05) is 12.4 Å². The van der Waals surface area contributed by atoms with Crippen LogP contribution in [0.4, 0.5) is 0 Å². The second kappa shape index (κ2) is 6.04. The molecule has 76 valence electrons. The van der Waals surface area contributed by atoms with E-state index >= 15 is 0 Å². The molecule has 0 spiro atoms. The van der Waals surface area contributed by atoms with Gasteiger partial charge in [0.25, 0.3) is 0 Å². The predicted octanol–water partition coefficient (Wildman–Crippen LogP) is 2.35. The number of hydrogen-bond acceptors (Lipinski definition) is 1. The van der Waals surface area contributed by atoms with Crippen LogP contribution in [0, 0.1) is 0 Å². The summed E-state index contributed by atoms with van der Waals surface area (Å²) in [5.41, 5.74) is 0.992. The summed E-state index contributed by atoms with van der Waals surface area (Å²) in [7, 11) is 0. The first kappa shape index (κ1) is 11.5. The molecule has 0 aliphatic heterocycles. The lowest BCUT2D eigenvalue weighted by molar-refractivity contribution is -0.120. The fourth-order valence-electron chi connectivity index (χ4n) is 1.08. The highest BCUT2D eigenvalue weighted by Gasteiger charge is 2.02. The Morgan fingerprint density at radius 3 is 2.93 bits per heavy atom. The van der Waals surface area contributed by atoms with E-state index in [4.69, 9.17) is 11.6 Å². The lowest BCUT2D eigenvalue weighted by Gasteiger charge is -2.03. The Morgan fingerprint density at radius 1 is 1.50 bits per heavy atom. The standard InChI is InChI=1S/C10H11BrClNO/c11-9-3-1-2-8(6-9)7-10(14)13-5-4-12/h1-3,6H,4-5,7H2,(H,13,14). The van der Waals surface area contributed by atoms with Crippen molar-refractivity contribution in [3.05, 3.63) is 34.3 Å². The quantitative estimate of drug-likeness (QED) is 0.841. The van der Waals surface area contributed by atoms with Gasteiger partial charge in [-0.25, -0.2) is 0 Å². The lowest BCUT2D eigenvalue weighted by atomic mass is 10.1. The summed E-state index contributed by atoms with van der Waals surface area (Å²) in [5, 5.41) is 2.71. The normalized spacial score (nSPS) is 9.86. The van der Waals surface area contributed by atoms with Crippen molar-refractivity contribution < 1.29 is 4.79 Å². The molecule has 1 aromatic rings. The minimum Gasteiger partial charge on any atom is -0.355 e. The molecule has 0 heterocycles. The van der Waals surface area contributed by atoms with Gasteiger partial charge >= 0.3 is 0 Å². The molecule has 2 nitrogen and oxygen atoms in total. The first-order valence-electron chi connectivity index (χ1n) is 4.29. The van der Waals surface area contributed by atoms with Crippen molar-refractivity contribution >= 4 is 33.4 Å². The van der Waals surface area contributed by atoms with E-state index in [9.17, 15) is 4.79 Å². The van der Waals surface area contributed by atoms with E-state index in [1.807, 2.05) is 24.3 Å². The molecule has 0 fully saturated rings. The molecule has 0 aliphatic rings. The zero-order chi connectivity index (χ0) is 10.4. The van der Waals surface area contributed by atoms with Gasteiger partial charge in [-0.1, -0.05) is 28.1 Å². The van der Waals surface area contributed by atoms with Crippen molar-refractivity contribution in [1.29, 1.82) is 0 Å². The molecule has 1 amide bonds. The van der Waals surface area contributed by atoms with Gasteiger partial charge < -0.3 is 5.32 Å². The van der Waals surface area contributed by atoms with Gasteiger partial charge in [0.05, 0.1) is 6.42 Å². The van der Waals surface area contributed by atoms with Gasteiger partial charge in [-0.3, -0.25) is 4.79 Å². The zero-order valence-corrected chi connectivity index (χ0v) is 9.94. The number of alkyl halides is 1. The van der Waals surface area contributed by atoms with Crippen LogP contribution in [0.25, 0.3) is 0 Å². The second-order valence-electron chi connectivity index (χ2n) is 2.85. The summed E-state index contributed by atoms with van der Waals surface area (Å²) in [5.74, 6) is 0.452. The van der Waals surface area contributed by atoms with Gasteiger partial charge in [0.1, 0.15) is 0 Å². The van der Waals surface area contributed by atoms with E-state index in [2.05, 4.69) is 21.2 Å². The molecular weight excluding hydrogens is 265 g/mol. The van der Waals surface area contributed by atoms with Crippen LogP contribution in [0.3, 0.4) is 0 Å². The Labute approximate surface area is 96.8 Å². The van der Waals surface area contributed by atoms with E-state index in [-0.39, 0.29) is 5.91 Å². The topological polar surface area (TPSA) is 29.1 Å². The van der Waals surface area contributed by atoms with Gasteiger partial charge in [-0.2, -0.15) is 0 Å². The molecule has 14 heavy (non-hydrogen) atoms. The molecule has 0 bridgehead atoms. The molecule has 0 unspecified atom stereocenters. The number of nitrogens with one attached hydrogen (secondary N) is 1. The highest BCUT2D eigenvalue weighted by atomic mass is 79.9. The predicted molar refractivity (Wildman–Crippen MR) is 61.6 cm³/mol. The van der Waals surface area contributed by atoms with Gasteiger partial charge in [0.2, 0.25) is 5.91 Å². The number of carbonyl (C=O) groups excluding carboxylic acids is 1. The maximum Gasteiger partial charge on any atom is 0.224 e. The number of hydrogen-bond donors (Lipinski definition) is 1. The summed E-state index contributed by atoms with van der Waals surface area (Å²) in [6.45, 7) is 0.522. The Kier molecular flexibility index (Phi) is 4.98. The smallest absolute Gasteiger partial charge is 0.224 e. The number of halogens is 2. The van der Waals surface area contributed by atoms with Crippen LogP contribution in [0.5, 0.6) is 0 Å². The molecule has 1 rings (SSSR count). The second-order valence-corrected chi connectivity index (χ2v) is 4.14. The maximum absolute atomic E-state index is 11.3. The van der Waals surface area contributed by atoms with Crippen molar-refractivity contribution in [1.82, 2.24) is 5.32 Å². The third kappa shape index (κ3) is 4.11. The van der Waals surface area contributed by atoms with Gasteiger partial charge in [-0.15, -0.1) is 11.6 Å². The minimum absolute atomic E-state index is 0.00347. The van der Waals surface area contributed by atoms with E-state index in [1.165, 1.54) is 0 Å². The van der Waals surface area contributed by atoms with Gasteiger partial charge in [0.15, 0.2) is 0 Å². The monoisotopic (exact) mass is 275 g/mol. The molecule has 0 aromatic heterocycles. The van der Waals surface area contributed by atoms with Crippen LogP contribution in [0.15, 0.2) is 28.7 Å². The number of carbonyl (C=O) groups is 1. The molecule has 0 saturated heterocycles. The Morgan fingerprint density at radius 2 is 2.29 bits per heavy atom. The largest absolute Gasteiger partial charge is 0.355 e. The third-order valence-corrected chi connectivity index (χ3v) is 2.35. The highest BCUT2D eigenvalue weighted by molar-refractivity contribution is 9.10. The van der Waals surface area contributed by atoms with Crippen molar-refractivity contribution in [3.63, 3.8) is 0 Å². The summed E-state index contributed by atoms with van der Waals surface area (Å²) < 4.78 is 0.986. The first-order valence-corrected chi connectivity index (χ1v) is 5.62.